The van der Waals surface area contributed by atoms with Crippen molar-refractivity contribution in [2.24, 2.45) is 0 Å². The molecule has 3 heterocycles. The van der Waals surface area contributed by atoms with Crippen molar-refractivity contribution in [2.45, 2.75) is 19.6 Å². The highest BCUT2D eigenvalue weighted by Gasteiger charge is 2.15. The third-order valence-electron chi connectivity index (χ3n) is 5.55. The summed E-state index contributed by atoms with van der Waals surface area (Å²) in [6, 6.07) is 18.1. The molecule has 7 nitrogen and oxygen atoms in total. The predicted molar refractivity (Wildman–Crippen MR) is 128 cm³/mol. The van der Waals surface area contributed by atoms with Gasteiger partial charge in [-0.2, -0.15) is 0 Å². The minimum absolute atomic E-state index is 0.0515. The molecule has 0 saturated heterocycles. The summed E-state index contributed by atoms with van der Waals surface area (Å²) in [4.78, 5) is 25.7. The molecule has 0 bridgehead atoms. The van der Waals surface area contributed by atoms with Crippen LogP contribution in [0.1, 0.15) is 22.8 Å². The van der Waals surface area contributed by atoms with E-state index in [-0.39, 0.29) is 12.1 Å². The molecule has 0 aliphatic carbocycles. The molecule has 2 N–H and O–H groups in total. The van der Waals surface area contributed by atoms with E-state index in [1.165, 1.54) is 12.1 Å². The summed E-state index contributed by atoms with van der Waals surface area (Å²) >= 11 is 0. The monoisotopic (exact) mass is 455 g/mol. The van der Waals surface area contributed by atoms with E-state index < -0.39 is 17.8 Å². The van der Waals surface area contributed by atoms with Crippen molar-refractivity contribution in [3.8, 4) is 11.3 Å². The molecule has 2 aromatic carbocycles. The van der Waals surface area contributed by atoms with Gasteiger partial charge in [-0.1, -0.05) is 18.2 Å². The van der Waals surface area contributed by atoms with E-state index in [4.69, 9.17) is 4.98 Å². The van der Waals surface area contributed by atoms with Gasteiger partial charge in [0, 0.05) is 23.7 Å². The molecular weight excluding hydrogens is 433 g/mol. The lowest BCUT2D eigenvalue weighted by atomic mass is 10.1. The van der Waals surface area contributed by atoms with Crippen molar-refractivity contribution in [3.63, 3.8) is 0 Å². The van der Waals surface area contributed by atoms with E-state index in [2.05, 4.69) is 21.4 Å². The number of aliphatic hydroxyl groups is 1. The Bertz CT molecular complexity index is 1510. The molecule has 0 aliphatic rings. The van der Waals surface area contributed by atoms with Gasteiger partial charge in [-0.25, -0.2) is 14.4 Å². The Kier molecular flexibility index (Phi) is 5.73. The van der Waals surface area contributed by atoms with Crippen molar-refractivity contribution in [2.75, 3.05) is 6.54 Å². The van der Waals surface area contributed by atoms with Gasteiger partial charge in [-0.05, 0) is 55.0 Å². The fourth-order valence-electron chi connectivity index (χ4n) is 3.83. The second-order valence-corrected chi connectivity index (χ2v) is 8.20. The first-order valence-corrected chi connectivity index (χ1v) is 10.9. The molecule has 1 atom stereocenters. The van der Waals surface area contributed by atoms with Crippen LogP contribution in [-0.4, -0.2) is 43.2 Å². The van der Waals surface area contributed by atoms with Crippen LogP contribution < -0.4 is 5.32 Å². The van der Waals surface area contributed by atoms with Gasteiger partial charge in [0.25, 0.3) is 5.91 Å². The van der Waals surface area contributed by atoms with Crippen LogP contribution in [0.2, 0.25) is 0 Å². The number of halogens is 1. The SMILES string of the molecule is C[C@H](O)CNC(=O)c1ccc(-c2ccc3ncn(Cc4ccc5ncccc5c4)c3n2)cc1F. The van der Waals surface area contributed by atoms with Crippen molar-refractivity contribution < 1.29 is 14.3 Å². The zero-order chi connectivity index (χ0) is 23.7. The fourth-order valence-corrected chi connectivity index (χ4v) is 3.83. The summed E-state index contributed by atoms with van der Waals surface area (Å²) in [6.45, 7) is 2.17. The van der Waals surface area contributed by atoms with Crippen LogP contribution in [0.15, 0.2) is 73.2 Å². The van der Waals surface area contributed by atoms with E-state index in [0.29, 0.717) is 23.4 Å². The molecular formula is C26H22FN5O2. The Morgan fingerprint density at radius 2 is 1.94 bits per heavy atom. The molecule has 1 amide bonds. The molecule has 0 unspecified atom stereocenters. The number of aliphatic hydroxyl groups excluding tert-OH is 1. The quantitative estimate of drug-likeness (QED) is 0.405. The first kappa shape index (κ1) is 21.7. The lowest BCUT2D eigenvalue weighted by molar-refractivity contribution is 0.0920. The van der Waals surface area contributed by atoms with E-state index in [0.717, 1.165) is 22.0 Å². The minimum Gasteiger partial charge on any atom is -0.392 e. The maximum atomic E-state index is 14.7. The molecule has 0 aliphatic heterocycles. The topological polar surface area (TPSA) is 92.9 Å². The van der Waals surface area contributed by atoms with Crippen molar-refractivity contribution in [1.29, 1.82) is 0 Å². The van der Waals surface area contributed by atoms with Crippen LogP contribution in [0.4, 0.5) is 4.39 Å². The summed E-state index contributed by atoms with van der Waals surface area (Å²) < 4.78 is 16.6. The number of carbonyl (C=O) groups is 1. The van der Waals surface area contributed by atoms with Gasteiger partial charge >= 0.3 is 0 Å². The number of amides is 1. The number of nitrogens with one attached hydrogen (secondary N) is 1. The Labute approximate surface area is 194 Å². The number of carbonyl (C=O) groups excluding carboxylic acids is 1. The first-order chi connectivity index (χ1) is 16.5. The Morgan fingerprint density at radius 1 is 1.09 bits per heavy atom. The van der Waals surface area contributed by atoms with Crippen LogP contribution in [0.5, 0.6) is 0 Å². The largest absolute Gasteiger partial charge is 0.392 e. The van der Waals surface area contributed by atoms with Crippen molar-refractivity contribution >= 4 is 28.0 Å². The van der Waals surface area contributed by atoms with Gasteiger partial charge < -0.3 is 15.0 Å². The third kappa shape index (κ3) is 4.35. The van der Waals surface area contributed by atoms with Gasteiger partial charge in [0.05, 0.1) is 35.8 Å². The summed E-state index contributed by atoms with van der Waals surface area (Å²) in [7, 11) is 0. The maximum Gasteiger partial charge on any atom is 0.254 e. The molecule has 3 aromatic heterocycles. The molecule has 170 valence electrons. The molecule has 0 radical (unpaired) electrons. The Hall–Kier alpha value is -4.17. The second kappa shape index (κ2) is 8.99. The zero-order valence-corrected chi connectivity index (χ0v) is 18.4. The minimum atomic E-state index is -0.710. The normalized spacial score (nSPS) is 12.2. The smallest absolute Gasteiger partial charge is 0.254 e. The van der Waals surface area contributed by atoms with Crippen molar-refractivity contribution in [3.05, 3.63) is 90.1 Å². The number of imidazole rings is 1. The van der Waals surface area contributed by atoms with E-state index >= 15 is 0 Å². The summed E-state index contributed by atoms with van der Waals surface area (Å²) in [5.74, 6) is -1.22. The van der Waals surface area contributed by atoms with E-state index in [1.807, 2.05) is 34.9 Å². The number of nitrogens with zero attached hydrogens (tertiary/aromatic N) is 4. The standard InChI is InChI=1S/C26H22FN5O2/c1-16(33)13-29-26(34)20-6-5-19(12-21(20)27)23-8-9-24-25(31-23)32(15-30-24)14-17-4-7-22-18(11-17)3-2-10-28-22/h2-12,15-16,33H,13-14H2,1H3,(H,29,34)/t16-/m0/s1. The van der Waals surface area contributed by atoms with E-state index in [9.17, 15) is 14.3 Å². The molecule has 0 spiro atoms. The average Bonchev–Trinajstić information content (AvgIpc) is 3.24. The molecule has 34 heavy (non-hydrogen) atoms. The first-order valence-electron chi connectivity index (χ1n) is 10.9. The highest BCUT2D eigenvalue weighted by Crippen LogP contribution is 2.24. The average molecular weight is 455 g/mol. The second-order valence-electron chi connectivity index (χ2n) is 8.20. The van der Waals surface area contributed by atoms with Gasteiger partial charge in [0.1, 0.15) is 11.3 Å². The van der Waals surface area contributed by atoms with Gasteiger partial charge in [-0.3, -0.25) is 9.78 Å². The van der Waals surface area contributed by atoms with Crippen LogP contribution in [0, 0.1) is 5.82 Å². The Balaban J connectivity index is 1.43. The highest BCUT2D eigenvalue weighted by molar-refractivity contribution is 5.95. The molecule has 5 rings (SSSR count). The summed E-state index contributed by atoms with van der Waals surface area (Å²) in [5, 5.41) is 12.9. The lowest BCUT2D eigenvalue weighted by Crippen LogP contribution is -2.31. The lowest BCUT2D eigenvalue weighted by Gasteiger charge is -2.09. The highest BCUT2D eigenvalue weighted by atomic mass is 19.1. The van der Waals surface area contributed by atoms with Crippen molar-refractivity contribution in [1.82, 2.24) is 24.8 Å². The summed E-state index contributed by atoms with van der Waals surface area (Å²) in [5.41, 5.74) is 4.49. The molecule has 0 saturated carbocycles. The van der Waals surface area contributed by atoms with Gasteiger partial charge in [0.15, 0.2) is 5.65 Å². The van der Waals surface area contributed by atoms with Crippen LogP contribution in [-0.2, 0) is 6.54 Å². The van der Waals surface area contributed by atoms with Crippen LogP contribution in [0.25, 0.3) is 33.3 Å². The molecule has 8 heteroatoms. The number of fused-ring (bicyclic) bond motifs is 2. The van der Waals surface area contributed by atoms with Gasteiger partial charge in [0.2, 0.25) is 0 Å². The molecule has 5 aromatic rings. The fraction of sp³-hybridized carbons (Fsp3) is 0.154. The number of hydrogen-bond donors (Lipinski definition) is 2. The third-order valence-corrected chi connectivity index (χ3v) is 5.55. The predicted octanol–water partition coefficient (Wildman–Crippen LogP) is 3.94. The molecule has 0 fully saturated rings. The summed E-state index contributed by atoms with van der Waals surface area (Å²) in [6.07, 6.45) is 2.80. The number of hydrogen-bond acceptors (Lipinski definition) is 5. The number of pyridine rings is 2. The zero-order valence-electron chi connectivity index (χ0n) is 18.4. The number of benzene rings is 2. The maximum absolute atomic E-state index is 14.7. The van der Waals surface area contributed by atoms with Crippen LogP contribution in [0.3, 0.4) is 0 Å². The number of aromatic nitrogens is 4. The number of rotatable bonds is 6. The van der Waals surface area contributed by atoms with Crippen LogP contribution >= 0.6 is 0 Å². The van der Waals surface area contributed by atoms with E-state index in [1.54, 1.807) is 31.6 Å². The Morgan fingerprint density at radius 3 is 2.76 bits per heavy atom. The van der Waals surface area contributed by atoms with Gasteiger partial charge in [-0.15, -0.1) is 0 Å².